The molecule has 0 bridgehead atoms. The summed E-state index contributed by atoms with van der Waals surface area (Å²) in [6.07, 6.45) is -1.92. The molecule has 0 aliphatic heterocycles. The molecule has 1 aliphatic rings. The first-order chi connectivity index (χ1) is 11.8. The van der Waals surface area contributed by atoms with E-state index in [9.17, 15) is 22.0 Å². The number of nitrogen functional groups attached to an aromatic ring is 1. The van der Waals surface area contributed by atoms with E-state index in [4.69, 9.17) is 5.73 Å². The Labute approximate surface area is 141 Å². The van der Waals surface area contributed by atoms with Crippen LogP contribution in [0.5, 0.6) is 0 Å². The van der Waals surface area contributed by atoms with Crippen LogP contribution in [-0.2, 0) is 0 Å². The molecule has 0 spiro atoms. The second-order valence-electron chi connectivity index (χ2n) is 6.18. The second-order valence-corrected chi connectivity index (χ2v) is 6.18. The molecule has 2 N–H and O–H groups in total. The minimum Gasteiger partial charge on any atom is -0.395 e. The van der Waals surface area contributed by atoms with Crippen LogP contribution in [0, 0.1) is 17.6 Å². The number of benzene rings is 1. The van der Waals surface area contributed by atoms with Crippen molar-refractivity contribution in [1.82, 2.24) is 9.97 Å². The molecule has 25 heavy (non-hydrogen) atoms. The van der Waals surface area contributed by atoms with Gasteiger partial charge < -0.3 is 5.73 Å². The Balaban J connectivity index is 2.08. The lowest BCUT2D eigenvalue weighted by Crippen LogP contribution is -2.32. The van der Waals surface area contributed by atoms with Crippen molar-refractivity contribution in [1.29, 1.82) is 0 Å². The van der Waals surface area contributed by atoms with Crippen molar-refractivity contribution in [3.8, 4) is 11.3 Å². The monoisotopic (exact) mass is 357 g/mol. The van der Waals surface area contributed by atoms with Crippen molar-refractivity contribution in [2.24, 2.45) is 5.92 Å². The number of alkyl halides is 3. The third kappa shape index (κ3) is 3.43. The molecule has 134 valence electrons. The van der Waals surface area contributed by atoms with Gasteiger partial charge in [0.15, 0.2) is 0 Å². The second kappa shape index (κ2) is 6.57. The van der Waals surface area contributed by atoms with E-state index >= 15 is 0 Å². The summed E-state index contributed by atoms with van der Waals surface area (Å²) in [5.41, 5.74) is 5.63. The average Bonchev–Trinajstić information content (AvgIpc) is 2.57. The summed E-state index contributed by atoms with van der Waals surface area (Å²) in [4.78, 5) is 7.82. The zero-order chi connectivity index (χ0) is 18.2. The van der Waals surface area contributed by atoms with E-state index < -0.39 is 29.6 Å². The number of aromatic nitrogens is 2. The van der Waals surface area contributed by atoms with Gasteiger partial charge in [0.1, 0.15) is 18.0 Å². The molecule has 2 atom stereocenters. The van der Waals surface area contributed by atoms with Crippen molar-refractivity contribution >= 4 is 5.69 Å². The maximum Gasteiger partial charge on any atom is 0.392 e. The molecular formula is C17H16F5N3. The molecule has 1 aromatic carbocycles. The fourth-order valence-corrected chi connectivity index (χ4v) is 3.45. The van der Waals surface area contributed by atoms with Crippen LogP contribution in [0.25, 0.3) is 11.3 Å². The van der Waals surface area contributed by atoms with E-state index in [2.05, 4.69) is 9.97 Å². The van der Waals surface area contributed by atoms with Gasteiger partial charge in [0.05, 0.1) is 23.0 Å². The van der Waals surface area contributed by atoms with Crippen molar-refractivity contribution in [3.05, 3.63) is 41.9 Å². The average molecular weight is 357 g/mol. The Kier molecular flexibility index (Phi) is 4.62. The largest absolute Gasteiger partial charge is 0.395 e. The first-order valence-corrected chi connectivity index (χ1v) is 7.91. The highest BCUT2D eigenvalue weighted by Gasteiger charge is 2.47. The molecule has 1 fully saturated rings. The van der Waals surface area contributed by atoms with Gasteiger partial charge >= 0.3 is 6.18 Å². The highest BCUT2D eigenvalue weighted by molar-refractivity contribution is 5.74. The Morgan fingerprint density at radius 3 is 2.48 bits per heavy atom. The van der Waals surface area contributed by atoms with Gasteiger partial charge in [-0.2, -0.15) is 13.2 Å². The normalized spacial score (nSPS) is 21.3. The summed E-state index contributed by atoms with van der Waals surface area (Å²) in [7, 11) is 0. The molecule has 1 aliphatic carbocycles. The van der Waals surface area contributed by atoms with Crippen LogP contribution >= 0.6 is 0 Å². The van der Waals surface area contributed by atoms with Gasteiger partial charge in [-0.25, -0.2) is 18.7 Å². The molecular weight excluding hydrogens is 341 g/mol. The van der Waals surface area contributed by atoms with E-state index in [0.29, 0.717) is 12.8 Å². The highest BCUT2D eigenvalue weighted by atomic mass is 19.4. The molecule has 3 nitrogen and oxygen atoms in total. The van der Waals surface area contributed by atoms with Crippen LogP contribution in [0.3, 0.4) is 0 Å². The molecule has 1 saturated carbocycles. The fraction of sp³-hybridized carbons (Fsp3) is 0.412. The van der Waals surface area contributed by atoms with Crippen molar-refractivity contribution < 1.29 is 22.0 Å². The Morgan fingerprint density at radius 1 is 1.04 bits per heavy atom. The molecule has 0 radical (unpaired) electrons. The molecule has 8 heteroatoms. The minimum atomic E-state index is -4.37. The van der Waals surface area contributed by atoms with Gasteiger partial charge in [0.25, 0.3) is 0 Å². The third-order valence-electron chi connectivity index (χ3n) is 4.64. The molecule has 1 heterocycles. The van der Waals surface area contributed by atoms with E-state index in [1.807, 2.05) is 0 Å². The van der Waals surface area contributed by atoms with Crippen LogP contribution in [0.1, 0.15) is 37.3 Å². The summed E-state index contributed by atoms with van der Waals surface area (Å²) in [5.74, 6) is -3.91. The number of halogens is 5. The Morgan fingerprint density at radius 2 is 1.76 bits per heavy atom. The van der Waals surface area contributed by atoms with E-state index in [1.165, 1.54) is 0 Å². The van der Waals surface area contributed by atoms with Crippen molar-refractivity contribution in [2.75, 3.05) is 5.73 Å². The molecule has 0 saturated heterocycles. The zero-order valence-electron chi connectivity index (χ0n) is 13.2. The number of rotatable bonds is 2. The topological polar surface area (TPSA) is 51.8 Å². The van der Waals surface area contributed by atoms with Gasteiger partial charge in [-0.3, -0.25) is 0 Å². The smallest absolute Gasteiger partial charge is 0.392 e. The summed E-state index contributed by atoms with van der Waals surface area (Å²) in [6, 6.07) is 2.78. The summed E-state index contributed by atoms with van der Waals surface area (Å²) < 4.78 is 67.5. The number of anilines is 1. The van der Waals surface area contributed by atoms with E-state index in [0.717, 1.165) is 24.5 Å². The maximum absolute atomic E-state index is 14.0. The molecule has 3 rings (SSSR count). The molecule has 1 aromatic heterocycles. The number of hydrogen-bond acceptors (Lipinski definition) is 3. The summed E-state index contributed by atoms with van der Waals surface area (Å²) >= 11 is 0. The predicted molar refractivity (Wildman–Crippen MR) is 82.6 cm³/mol. The Bertz CT molecular complexity index is 775. The highest BCUT2D eigenvalue weighted by Crippen LogP contribution is 2.47. The maximum atomic E-state index is 14.0. The van der Waals surface area contributed by atoms with Crippen molar-refractivity contribution in [3.63, 3.8) is 0 Å². The lowest BCUT2D eigenvalue weighted by Gasteiger charge is -2.33. The first-order valence-electron chi connectivity index (χ1n) is 7.91. The molecule has 2 unspecified atom stereocenters. The predicted octanol–water partition coefficient (Wildman–Crippen LogP) is 4.84. The number of nitrogens with zero attached hydrogens (tertiary/aromatic N) is 2. The zero-order valence-corrected chi connectivity index (χ0v) is 13.2. The fourth-order valence-electron chi connectivity index (χ4n) is 3.45. The minimum absolute atomic E-state index is 0.00126. The van der Waals surface area contributed by atoms with Gasteiger partial charge in [0, 0.05) is 11.5 Å². The lowest BCUT2D eigenvalue weighted by atomic mass is 9.76. The number of nitrogens with two attached hydrogens (primary N) is 1. The van der Waals surface area contributed by atoms with Gasteiger partial charge in [0.2, 0.25) is 0 Å². The van der Waals surface area contributed by atoms with Crippen LogP contribution in [0.15, 0.2) is 24.5 Å². The lowest BCUT2D eigenvalue weighted by molar-refractivity contribution is -0.187. The van der Waals surface area contributed by atoms with Crippen LogP contribution < -0.4 is 5.73 Å². The quantitative estimate of drug-likeness (QED) is 0.783. The SMILES string of the molecule is Nc1c(-c2cc(F)ccc2F)ncnc1C1CCCCC1C(F)(F)F. The third-order valence-corrected chi connectivity index (χ3v) is 4.64. The molecule has 0 amide bonds. The number of hydrogen-bond donors (Lipinski definition) is 1. The van der Waals surface area contributed by atoms with Crippen LogP contribution in [0.4, 0.5) is 27.6 Å². The van der Waals surface area contributed by atoms with Crippen LogP contribution in [0.2, 0.25) is 0 Å². The first kappa shape index (κ1) is 17.6. The van der Waals surface area contributed by atoms with Gasteiger partial charge in [-0.15, -0.1) is 0 Å². The standard InChI is InChI=1S/C17H16F5N3/c18-9-5-6-13(19)11(7-9)16-14(23)15(24-8-25-16)10-3-1-2-4-12(10)17(20,21)22/h5-8,10,12H,1-4,23H2. The van der Waals surface area contributed by atoms with Gasteiger partial charge in [-0.05, 0) is 31.0 Å². The molecule has 2 aromatic rings. The summed E-state index contributed by atoms with van der Waals surface area (Å²) in [6.45, 7) is 0. The summed E-state index contributed by atoms with van der Waals surface area (Å²) in [5, 5.41) is 0. The van der Waals surface area contributed by atoms with E-state index in [1.54, 1.807) is 0 Å². The van der Waals surface area contributed by atoms with Crippen LogP contribution in [-0.4, -0.2) is 16.1 Å². The Hall–Kier alpha value is -2.25. The van der Waals surface area contributed by atoms with E-state index in [-0.39, 0.29) is 35.5 Å². The van der Waals surface area contributed by atoms with Gasteiger partial charge in [-0.1, -0.05) is 12.8 Å². The van der Waals surface area contributed by atoms with Crippen molar-refractivity contribution in [2.45, 2.75) is 37.8 Å².